The van der Waals surface area contributed by atoms with Crippen molar-refractivity contribution in [2.45, 2.75) is 13.2 Å². The summed E-state index contributed by atoms with van der Waals surface area (Å²) in [6.07, 6.45) is 0.0782. The second-order valence-electron chi connectivity index (χ2n) is 4.72. The molecule has 0 radical (unpaired) electrons. The van der Waals surface area contributed by atoms with E-state index in [-0.39, 0.29) is 37.2 Å². The predicted octanol–water partition coefficient (Wildman–Crippen LogP) is 2.86. The van der Waals surface area contributed by atoms with Gasteiger partial charge in [0, 0.05) is 21.1 Å². The first-order valence-electron chi connectivity index (χ1n) is 6.88. The number of nitriles is 1. The predicted molar refractivity (Wildman–Crippen MR) is 92.2 cm³/mol. The van der Waals surface area contributed by atoms with Crippen LogP contribution >= 0.6 is 23.6 Å². The van der Waals surface area contributed by atoms with Crippen molar-refractivity contribution in [3.05, 3.63) is 32.1 Å². The Hall–Kier alpha value is -2.72. The van der Waals surface area contributed by atoms with Gasteiger partial charge in [0.25, 0.3) is 0 Å². The van der Waals surface area contributed by atoms with Gasteiger partial charge in [0.05, 0.1) is 10.6 Å². The van der Waals surface area contributed by atoms with Crippen molar-refractivity contribution in [2.75, 3.05) is 14.2 Å². The number of nitro groups is 1. The highest BCUT2D eigenvalue weighted by atomic mass is 32.1. The molecule has 0 aliphatic heterocycles. The quantitative estimate of drug-likeness (QED) is 0.256. The van der Waals surface area contributed by atoms with Gasteiger partial charge in [-0.15, -0.1) is 0 Å². The zero-order valence-corrected chi connectivity index (χ0v) is 15.4. The Morgan fingerprint density at radius 1 is 1.50 bits per heavy atom. The van der Waals surface area contributed by atoms with Gasteiger partial charge < -0.3 is 19.2 Å². The van der Waals surface area contributed by atoms with E-state index in [1.807, 2.05) is 6.07 Å². The summed E-state index contributed by atoms with van der Waals surface area (Å²) >= 11 is 6.03. The second kappa shape index (κ2) is 8.11. The molecule has 0 spiro atoms. The fraction of sp³-hybridized carbons (Fsp3) is 0.286. The lowest BCUT2D eigenvalue weighted by atomic mass is 10.1. The maximum absolute atomic E-state index is 11.4. The standard InChI is InChI=1S/C14H12N4O6S2/c1-6(19)24-11-10(14(22-2)23-3)17-9(7(4-15)12(11)25)13-16-5-8(26-13)18(20)21/h5,14H,1-3H3,(H,17,25). The van der Waals surface area contributed by atoms with E-state index in [1.165, 1.54) is 21.1 Å². The number of pyridine rings is 1. The number of hydrogen-bond acceptors (Lipinski definition) is 10. The number of nitrogens with zero attached hydrogens (tertiary/aromatic N) is 3. The third-order valence-electron chi connectivity index (χ3n) is 3.10. The lowest BCUT2D eigenvalue weighted by molar-refractivity contribution is -0.380. The van der Waals surface area contributed by atoms with Crippen molar-refractivity contribution in [3.8, 4) is 22.5 Å². The molecule has 0 saturated heterocycles. The average Bonchev–Trinajstić information content (AvgIpc) is 3.08. The van der Waals surface area contributed by atoms with Gasteiger partial charge in [0.1, 0.15) is 33.0 Å². The highest BCUT2D eigenvalue weighted by molar-refractivity contribution is 7.71. The lowest BCUT2D eigenvalue weighted by Gasteiger charge is -2.18. The molecule has 2 aromatic rings. The van der Waals surface area contributed by atoms with Crippen LogP contribution in [0.2, 0.25) is 0 Å². The molecule has 10 nitrogen and oxygen atoms in total. The van der Waals surface area contributed by atoms with Gasteiger partial charge in [-0.25, -0.2) is 4.98 Å². The van der Waals surface area contributed by atoms with E-state index in [4.69, 9.17) is 26.4 Å². The number of rotatable bonds is 6. The molecule has 2 aromatic heterocycles. The van der Waals surface area contributed by atoms with Crippen LogP contribution in [0.3, 0.4) is 0 Å². The summed E-state index contributed by atoms with van der Waals surface area (Å²) in [5.41, 5.74) is 0.234. The molecule has 0 atom stereocenters. The number of ether oxygens (including phenoxy) is 3. The fourth-order valence-corrected chi connectivity index (χ4v) is 3.12. The number of methoxy groups -OCH3 is 2. The Bertz CT molecular complexity index is 957. The molecular weight excluding hydrogens is 384 g/mol. The highest BCUT2D eigenvalue weighted by Crippen LogP contribution is 2.37. The van der Waals surface area contributed by atoms with E-state index in [9.17, 15) is 20.2 Å². The molecule has 136 valence electrons. The van der Waals surface area contributed by atoms with Crippen LogP contribution in [0.4, 0.5) is 5.00 Å². The Kier molecular flexibility index (Phi) is 6.11. The largest absolute Gasteiger partial charge is 0.423 e. The van der Waals surface area contributed by atoms with Crippen LogP contribution in [0.5, 0.6) is 5.75 Å². The van der Waals surface area contributed by atoms with Crippen LogP contribution in [0.15, 0.2) is 6.20 Å². The van der Waals surface area contributed by atoms with E-state index in [0.717, 1.165) is 17.5 Å². The zero-order chi connectivity index (χ0) is 19.4. The normalized spacial score (nSPS) is 10.6. The van der Waals surface area contributed by atoms with Crippen LogP contribution in [0.25, 0.3) is 10.7 Å². The van der Waals surface area contributed by atoms with Crippen molar-refractivity contribution in [1.29, 1.82) is 5.26 Å². The van der Waals surface area contributed by atoms with Crippen molar-refractivity contribution in [2.24, 2.45) is 0 Å². The molecule has 0 aliphatic carbocycles. The van der Waals surface area contributed by atoms with Crippen LogP contribution in [-0.2, 0) is 14.3 Å². The van der Waals surface area contributed by atoms with Crippen molar-refractivity contribution < 1.29 is 23.9 Å². The van der Waals surface area contributed by atoms with Crippen molar-refractivity contribution in [1.82, 2.24) is 9.97 Å². The molecule has 0 bridgehead atoms. The molecule has 0 saturated carbocycles. The first-order valence-corrected chi connectivity index (χ1v) is 8.11. The zero-order valence-electron chi connectivity index (χ0n) is 13.8. The van der Waals surface area contributed by atoms with E-state index in [1.54, 1.807) is 0 Å². The number of carbonyl (C=O) groups excluding carboxylic acids is 1. The lowest BCUT2D eigenvalue weighted by Crippen LogP contribution is -2.13. The van der Waals surface area contributed by atoms with Gasteiger partial charge in [0.2, 0.25) is 6.29 Å². The van der Waals surface area contributed by atoms with E-state index >= 15 is 0 Å². The topological polar surface area (TPSA) is 140 Å². The maximum Gasteiger partial charge on any atom is 0.344 e. The van der Waals surface area contributed by atoms with E-state index in [2.05, 4.69) is 9.97 Å². The minimum atomic E-state index is -0.993. The van der Waals surface area contributed by atoms with Crippen molar-refractivity contribution >= 4 is 34.5 Å². The Morgan fingerprint density at radius 2 is 2.15 bits per heavy atom. The minimum Gasteiger partial charge on any atom is -0.423 e. The number of carbonyl (C=O) groups is 1. The summed E-state index contributed by atoms with van der Waals surface area (Å²) in [7, 11) is 2.71. The molecule has 0 unspecified atom stereocenters. The molecule has 2 rings (SSSR count). The summed E-state index contributed by atoms with van der Waals surface area (Å²) in [5, 5.41) is 20.3. The van der Waals surface area contributed by atoms with Crippen LogP contribution < -0.4 is 4.74 Å². The molecule has 26 heavy (non-hydrogen) atoms. The van der Waals surface area contributed by atoms with Gasteiger partial charge in [0.15, 0.2) is 5.75 Å². The fourth-order valence-electron chi connectivity index (χ4n) is 2.08. The summed E-state index contributed by atoms with van der Waals surface area (Å²) in [6.45, 7) is 1.18. The molecule has 0 aromatic carbocycles. The van der Waals surface area contributed by atoms with E-state index < -0.39 is 17.2 Å². The number of H-pyrrole nitrogens is 1. The third-order valence-corrected chi connectivity index (χ3v) is 4.45. The van der Waals surface area contributed by atoms with Crippen molar-refractivity contribution in [3.63, 3.8) is 0 Å². The molecule has 12 heteroatoms. The Balaban J connectivity index is 2.80. The molecule has 0 amide bonds. The molecule has 0 aliphatic rings. The average molecular weight is 396 g/mol. The summed E-state index contributed by atoms with van der Waals surface area (Å²) < 4.78 is 15.4. The summed E-state index contributed by atoms with van der Waals surface area (Å²) in [5.74, 6) is -0.745. The number of aromatic nitrogens is 2. The number of esters is 1. The van der Waals surface area contributed by atoms with Gasteiger partial charge >= 0.3 is 11.0 Å². The van der Waals surface area contributed by atoms with Crippen LogP contribution in [0, 0.1) is 26.0 Å². The minimum absolute atomic E-state index is 0.0461. The second-order valence-corrected chi connectivity index (χ2v) is 6.13. The molecule has 1 N–H and O–H groups in total. The Morgan fingerprint density at radius 3 is 2.62 bits per heavy atom. The van der Waals surface area contributed by atoms with E-state index in [0.29, 0.717) is 0 Å². The monoisotopic (exact) mass is 396 g/mol. The van der Waals surface area contributed by atoms with Gasteiger partial charge in [-0.05, 0) is 11.3 Å². The molecule has 2 heterocycles. The van der Waals surface area contributed by atoms with Crippen LogP contribution in [0.1, 0.15) is 24.5 Å². The highest BCUT2D eigenvalue weighted by Gasteiger charge is 2.26. The molecular formula is C14H12N4O6S2. The van der Waals surface area contributed by atoms with Gasteiger partial charge in [-0.3, -0.25) is 14.9 Å². The smallest absolute Gasteiger partial charge is 0.344 e. The van der Waals surface area contributed by atoms with Crippen LogP contribution in [-0.4, -0.2) is 35.1 Å². The Labute approximate surface area is 156 Å². The SMILES string of the molecule is COC(OC)c1[nH]c(-c2ncc([N+](=O)[O-])s2)c(C#N)c(=S)c1OC(C)=O. The first kappa shape index (κ1) is 19.6. The summed E-state index contributed by atoms with van der Waals surface area (Å²) in [4.78, 5) is 28.5. The van der Waals surface area contributed by atoms with Gasteiger partial charge in [-0.2, -0.15) is 5.26 Å². The number of aromatic amines is 1. The van der Waals surface area contributed by atoms with Gasteiger partial charge in [-0.1, -0.05) is 12.2 Å². The molecule has 0 fully saturated rings. The number of hydrogen-bond donors (Lipinski definition) is 1. The third kappa shape index (κ3) is 3.75. The number of thiazole rings is 1. The summed E-state index contributed by atoms with van der Waals surface area (Å²) in [6, 6.07) is 1.91. The first-order chi connectivity index (χ1) is 12.3. The number of nitrogens with one attached hydrogen (secondary N) is 1. The maximum atomic E-state index is 11.4.